The Morgan fingerprint density at radius 2 is 2.00 bits per heavy atom. The fraction of sp³-hybridized carbons (Fsp3) is 0.667. The predicted octanol–water partition coefficient (Wildman–Crippen LogP) is 4.93. The normalized spacial score (nSPS) is 23.8. The van der Waals surface area contributed by atoms with Crippen LogP contribution in [-0.4, -0.2) is 13.2 Å². The number of hydrogen-bond acceptors (Lipinski definition) is 2. The van der Waals surface area contributed by atoms with Crippen LogP contribution >= 0.6 is 15.9 Å². The number of hydrogen-bond donors (Lipinski definition) is 1. The van der Waals surface area contributed by atoms with Gasteiger partial charge in [0.1, 0.15) is 5.75 Å². The minimum atomic E-state index is 0.246. The second-order valence-electron chi connectivity index (χ2n) is 6.39. The SMILES string of the molecule is CCCC1CCC(C(N)Cc2cc(Br)ccc2OC)CC1. The number of halogens is 1. The van der Waals surface area contributed by atoms with Crippen LogP contribution in [0.15, 0.2) is 22.7 Å². The first-order valence-corrected chi connectivity index (χ1v) is 9.01. The van der Waals surface area contributed by atoms with E-state index in [2.05, 4.69) is 28.9 Å². The Morgan fingerprint density at radius 3 is 2.62 bits per heavy atom. The lowest BCUT2D eigenvalue weighted by atomic mass is 9.76. The average Bonchev–Trinajstić information content (AvgIpc) is 2.48. The fourth-order valence-corrected chi connectivity index (χ4v) is 4.05. The highest BCUT2D eigenvalue weighted by Gasteiger charge is 2.25. The summed E-state index contributed by atoms with van der Waals surface area (Å²) < 4.78 is 6.56. The molecule has 1 saturated carbocycles. The molecule has 1 aromatic carbocycles. The second-order valence-corrected chi connectivity index (χ2v) is 7.31. The number of nitrogens with two attached hydrogens (primary N) is 1. The summed E-state index contributed by atoms with van der Waals surface area (Å²) in [5, 5.41) is 0. The molecule has 0 aromatic heterocycles. The van der Waals surface area contributed by atoms with Gasteiger partial charge in [-0.15, -0.1) is 0 Å². The van der Waals surface area contributed by atoms with E-state index in [4.69, 9.17) is 10.5 Å². The van der Waals surface area contributed by atoms with Gasteiger partial charge in [-0.25, -0.2) is 0 Å². The number of benzene rings is 1. The van der Waals surface area contributed by atoms with Crippen LogP contribution < -0.4 is 10.5 Å². The number of methoxy groups -OCH3 is 1. The highest BCUT2D eigenvalue weighted by atomic mass is 79.9. The first-order chi connectivity index (χ1) is 10.1. The van der Waals surface area contributed by atoms with Crippen LogP contribution in [0.3, 0.4) is 0 Å². The Morgan fingerprint density at radius 1 is 1.29 bits per heavy atom. The average molecular weight is 354 g/mol. The second kappa shape index (κ2) is 8.19. The molecule has 2 rings (SSSR count). The van der Waals surface area contributed by atoms with Crippen LogP contribution in [-0.2, 0) is 6.42 Å². The molecule has 1 unspecified atom stereocenters. The van der Waals surface area contributed by atoms with E-state index in [1.54, 1.807) is 7.11 Å². The van der Waals surface area contributed by atoms with Crippen molar-refractivity contribution >= 4 is 15.9 Å². The van der Waals surface area contributed by atoms with Crippen molar-refractivity contribution in [3.63, 3.8) is 0 Å². The Balaban J connectivity index is 1.93. The fourth-order valence-electron chi connectivity index (χ4n) is 3.64. The predicted molar refractivity (Wildman–Crippen MR) is 92.7 cm³/mol. The monoisotopic (exact) mass is 353 g/mol. The summed E-state index contributed by atoms with van der Waals surface area (Å²) in [5.41, 5.74) is 7.72. The highest BCUT2D eigenvalue weighted by molar-refractivity contribution is 9.10. The van der Waals surface area contributed by atoms with E-state index >= 15 is 0 Å². The smallest absolute Gasteiger partial charge is 0.122 e. The van der Waals surface area contributed by atoms with E-state index < -0.39 is 0 Å². The lowest BCUT2D eigenvalue weighted by Crippen LogP contribution is -2.35. The summed E-state index contributed by atoms with van der Waals surface area (Å²) in [5.74, 6) is 2.56. The molecule has 0 bridgehead atoms. The Labute approximate surface area is 137 Å². The van der Waals surface area contributed by atoms with E-state index in [0.29, 0.717) is 5.92 Å². The van der Waals surface area contributed by atoms with Crippen LogP contribution in [0, 0.1) is 11.8 Å². The largest absolute Gasteiger partial charge is 0.496 e. The third-order valence-corrected chi connectivity index (χ3v) is 5.39. The van der Waals surface area contributed by atoms with Gasteiger partial charge in [0.15, 0.2) is 0 Å². The van der Waals surface area contributed by atoms with Crippen molar-refractivity contribution in [3.05, 3.63) is 28.2 Å². The molecule has 1 fully saturated rings. The molecule has 2 nitrogen and oxygen atoms in total. The molecule has 0 aliphatic heterocycles. The molecule has 0 saturated heterocycles. The van der Waals surface area contributed by atoms with Gasteiger partial charge >= 0.3 is 0 Å². The molecule has 118 valence electrons. The van der Waals surface area contributed by atoms with Crippen molar-refractivity contribution in [3.8, 4) is 5.75 Å². The first kappa shape index (κ1) is 16.8. The maximum absolute atomic E-state index is 6.50. The van der Waals surface area contributed by atoms with Crippen molar-refractivity contribution in [1.82, 2.24) is 0 Å². The van der Waals surface area contributed by atoms with Gasteiger partial charge in [0, 0.05) is 10.5 Å². The summed E-state index contributed by atoms with van der Waals surface area (Å²) in [6.45, 7) is 2.29. The lowest BCUT2D eigenvalue weighted by Gasteiger charge is -2.32. The zero-order valence-electron chi connectivity index (χ0n) is 13.3. The molecule has 0 radical (unpaired) electrons. The molecule has 1 aliphatic rings. The highest BCUT2D eigenvalue weighted by Crippen LogP contribution is 2.34. The molecular weight excluding hydrogens is 326 g/mol. The van der Waals surface area contributed by atoms with Crippen LogP contribution in [0.5, 0.6) is 5.75 Å². The standard InChI is InChI=1S/C18H28BrNO/c1-3-4-13-5-7-14(8-6-13)17(20)12-15-11-16(19)9-10-18(15)21-2/h9-11,13-14,17H,3-8,12,20H2,1-2H3. The van der Waals surface area contributed by atoms with E-state index in [-0.39, 0.29) is 6.04 Å². The van der Waals surface area contributed by atoms with E-state index in [9.17, 15) is 0 Å². The topological polar surface area (TPSA) is 35.2 Å². The molecule has 1 atom stereocenters. The van der Waals surface area contributed by atoms with Gasteiger partial charge in [-0.2, -0.15) is 0 Å². The quantitative estimate of drug-likeness (QED) is 0.786. The summed E-state index contributed by atoms with van der Waals surface area (Å²) in [6, 6.07) is 6.42. The maximum Gasteiger partial charge on any atom is 0.122 e. The summed E-state index contributed by atoms with van der Waals surface area (Å²) >= 11 is 3.54. The van der Waals surface area contributed by atoms with Crippen molar-refractivity contribution in [1.29, 1.82) is 0 Å². The van der Waals surface area contributed by atoms with E-state index in [1.165, 1.54) is 44.1 Å². The number of ether oxygens (including phenoxy) is 1. The molecule has 3 heteroatoms. The Hall–Kier alpha value is -0.540. The zero-order valence-corrected chi connectivity index (χ0v) is 14.9. The molecule has 21 heavy (non-hydrogen) atoms. The molecule has 2 N–H and O–H groups in total. The molecule has 0 heterocycles. The Bertz CT molecular complexity index is 441. The van der Waals surface area contributed by atoms with Gasteiger partial charge in [-0.05, 0) is 54.9 Å². The van der Waals surface area contributed by atoms with E-state index in [1.807, 2.05) is 12.1 Å². The molecule has 1 aliphatic carbocycles. The molecule has 0 amide bonds. The zero-order chi connectivity index (χ0) is 15.2. The third kappa shape index (κ3) is 4.72. The van der Waals surface area contributed by atoms with Crippen molar-refractivity contribution < 1.29 is 4.74 Å². The maximum atomic E-state index is 6.50. The van der Waals surface area contributed by atoms with Gasteiger partial charge in [0.25, 0.3) is 0 Å². The number of rotatable bonds is 6. The van der Waals surface area contributed by atoms with Crippen molar-refractivity contribution in [2.24, 2.45) is 17.6 Å². The van der Waals surface area contributed by atoms with E-state index in [0.717, 1.165) is 22.6 Å². The Kier molecular flexibility index (Phi) is 6.56. The molecule has 0 spiro atoms. The summed E-state index contributed by atoms with van der Waals surface area (Å²) in [4.78, 5) is 0. The van der Waals surface area contributed by atoms with Crippen molar-refractivity contribution in [2.75, 3.05) is 7.11 Å². The van der Waals surface area contributed by atoms with Crippen LogP contribution in [0.1, 0.15) is 51.0 Å². The van der Waals surface area contributed by atoms with Gasteiger partial charge in [0.2, 0.25) is 0 Å². The minimum Gasteiger partial charge on any atom is -0.496 e. The van der Waals surface area contributed by atoms with Gasteiger partial charge in [-0.3, -0.25) is 0 Å². The minimum absolute atomic E-state index is 0.246. The first-order valence-electron chi connectivity index (χ1n) is 8.22. The van der Waals surface area contributed by atoms with Gasteiger partial charge in [0.05, 0.1) is 7.11 Å². The lowest BCUT2D eigenvalue weighted by molar-refractivity contribution is 0.232. The van der Waals surface area contributed by atoms with Crippen LogP contribution in [0.2, 0.25) is 0 Å². The molecular formula is C18H28BrNO. The third-order valence-electron chi connectivity index (χ3n) is 4.89. The van der Waals surface area contributed by atoms with Gasteiger partial charge < -0.3 is 10.5 Å². The van der Waals surface area contributed by atoms with Gasteiger partial charge in [-0.1, -0.05) is 48.5 Å². The summed E-state index contributed by atoms with van der Waals surface area (Å²) in [7, 11) is 1.73. The van der Waals surface area contributed by atoms with Crippen LogP contribution in [0.4, 0.5) is 0 Å². The summed E-state index contributed by atoms with van der Waals surface area (Å²) in [6.07, 6.45) is 8.93. The molecule has 1 aromatic rings. The van der Waals surface area contributed by atoms with Crippen molar-refractivity contribution in [2.45, 2.75) is 57.9 Å². The van der Waals surface area contributed by atoms with Crippen LogP contribution in [0.25, 0.3) is 0 Å².